The lowest BCUT2D eigenvalue weighted by Crippen LogP contribution is -2.15. The van der Waals surface area contributed by atoms with Gasteiger partial charge in [0.05, 0.1) is 0 Å². The summed E-state index contributed by atoms with van der Waals surface area (Å²) in [6, 6.07) is 28.9. The van der Waals surface area contributed by atoms with Crippen LogP contribution in [0, 0.1) is 35.6 Å². The number of terminal acetylenes is 1. The van der Waals surface area contributed by atoms with Crippen molar-refractivity contribution in [1.82, 2.24) is 58.7 Å². The Kier molecular flexibility index (Phi) is 13.2. The fraction of sp³-hybridized carbons (Fsp3) is 0.114. The van der Waals surface area contributed by atoms with Crippen molar-refractivity contribution in [2.75, 3.05) is 0 Å². The van der Waals surface area contributed by atoms with Gasteiger partial charge < -0.3 is 0 Å². The highest BCUT2D eigenvalue weighted by atomic mass is 79.9. The first-order valence-electron chi connectivity index (χ1n) is 17.9. The lowest BCUT2D eigenvalue weighted by molar-refractivity contribution is 1.09. The van der Waals surface area contributed by atoms with Gasteiger partial charge in [0.2, 0.25) is 0 Å². The van der Waals surface area contributed by atoms with Crippen LogP contribution in [0.15, 0.2) is 133 Å². The number of rotatable bonds is 3. The third kappa shape index (κ3) is 10.3. The first-order chi connectivity index (χ1) is 28.2. The van der Waals surface area contributed by atoms with Crippen molar-refractivity contribution in [3.05, 3.63) is 144 Å². The molecule has 58 heavy (non-hydrogen) atoms. The number of halogens is 1. The average molecular weight is 842 g/mol. The topological polar surface area (TPSA) is 129 Å². The van der Waals surface area contributed by atoms with E-state index >= 15 is 0 Å². The maximum atomic E-state index is 5.12. The van der Waals surface area contributed by atoms with Crippen LogP contribution in [0.2, 0.25) is 19.6 Å². The molecule has 0 aliphatic heterocycles. The van der Waals surface area contributed by atoms with E-state index in [1.54, 1.807) is 32.4 Å². The van der Waals surface area contributed by atoms with E-state index in [1.165, 1.54) is 0 Å². The minimum Gasteiger partial charge on any atom is -0.281 e. The van der Waals surface area contributed by atoms with Crippen LogP contribution >= 0.6 is 15.9 Å². The van der Waals surface area contributed by atoms with Crippen LogP contribution in [0.25, 0.3) is 51.5 Å². The molecule has 9 aromatic heterocycles. The molecule has 12 nitrogen and oxygen atoms in total. The highest BCUT2D eigenvalue weighted by Crippen LogP contribution is 2.19. The molecule has 0 saturated heterocycles. The second-order valence-corrected chi connectivity index (χ2v) is 18.9. The van der Waals surface area contributed by atoms with Crippen LogP contribution in [-0.4, -0.2) is 66.8 Å². The van der Waals surface area contributed by atoms with E-state index in [9.17, 15) is 0 Å². The summed E-state index contributed by atoms with van der Waals surface area (Å²) in [5.74, 6) is 13.8. The smallest absolute Gasteiger partial charge is 0.186 e. The molecule has 0 aliphatic carbocycles. The minimum absolute atomic E-state index is 0.738. The molecule has 9 aromatic rings. The van der Waals surface area contributed by atoms with Crippen molar-refractivity contribution in [2.45, 2.75) is 33.5 Å². The third-order valence-corrected chi connectivity index (χ3v) is 9.19. The molecule has 0 spiro atoms. The molecule has 0 saturated carbocycles. The monoisotopic (exact) mass is 840 g/mol. The van der Waals surface area contributed by atoms with Crippen molar-refractivity contribution >= 4 is 40.9 Å². The Hall–Kier alpha value is -7.31. The van der Waals surface area contributed by atoms with Gasteiger partial charge in [-0.25, -0.2) is 0 Å². The van der Waals surface area contributed by atoms with Crippen LogP contribution in [0.1, 0.15) is 25.0 Å². The van der Waals surface area contributed by atoms with Gasteiger partial charge in [0.25, 0.3) is 0 Å². The van der Waals surface area contributed by atoms with Gasteiger partial charge in [-0.15, -0.1) is 54.4 Å². The molecule has 0 aliphatic rings. The van der Waals surface area contributed by atoms with Gasteiger partial charge >= 0.3 is 0 Å². The van der Waals surface area contributed by atoms with Crippen LogP contribution in [0.3, 0.4) is 0 Å². The molecule has 0 bridgehead atoms. The molecule has 0 aromatic carbocycles. The van der Waals surface area contributed by atoms with E-state index in [-0.39, 0.29) is 0 Å². The molecule has 9 heterocycles. The van der Waals surface area contributed by atoms with Crippen LogP contribution in [-0.2, 0) is 0 Å². The normalized spacial score (nSPS) is 10.3. The Morgan fingerprint density at radius 2 is 0.862 bits per heavy atom. The predicted octanol–water partition coefficient (Wildman–Crippen LogP) is 8.38. The Labute approximate surface area is 345 Å². The standard InChI is InChI=1S/2C14H10N4.C11H7BrN4.C5H10Si/c2*1-2-5-11-7-8-12(15-10-11)14-17-16-13-6-3-4-9-18(13)14;12-8-4-5-9(13-7-8)11-15-14-10-3-1-2-6-16(10)11;1-5-6(2,3)4/h2*3-4,6-10H,1H3;1-7H;1H,2-4H3. The zero-order valence-corrected chi connectivity index (χ0v) is 35.0. The third-order valence-electron chi connectivity index (χ3n) is 7.85. The molecule has 14 heteroatoms. The quantitative estimate of drug-likeness (QED) is 0.127. The van der Waals surface area contributed by atoms with Crippen molar-refractivity contribution in [1.29, 1.82) is 0 Å². The zero-order valence-electron chi connectivity index (χ0n) is 32.4. The van der Waals surface area contributed by atoms with E-state index < -0.39 is 8.07 Å². The summed E-state index contributed by atoms with van der Waals surface area (Å²) in [4.78, 5) is 13.0. The lowest BCUT2D eigenvalue weighted by Gasteiger charge is -2.00. The Balaban J connectivity index is 0.000000137. The molecule has 0 amide bonds. The SMILES string of the molecule is Brc1ccc(-c2nnc3ccccn23)nc1.C#C[Si](C)(C)C.CC#Cc1ccc(-c2nnc3ccccn23)nc1.CC#Cc1ccc(-c2nnc3ccccn23)nc1. The predicted molar refractivity (Wildman–Crippen MR) is 234 cm³/mol. The van der Waals surface area contributed by atoms with Crippen molar-refractivity contribution in [2.24, 2.45) is 0 Å². The Morgan fingerprint density at radius 3 is 1.16 bits per heavy atom. The first kappa shape index (κ1) is 40.4. The molecule has 284 valence electrons. The Morgan fingerprint density at radius 1 is 0.500 bits per heavy atom. The Bertz CT molecular complexity index is 2800. The molecule has 0 fully saturated rings. The fourth-order valence-electron chi connectivity index (χ4n) is 5.05. The van der Waals surface area contributed by atoms with Gasteiger partial charge in [-0.2, -0.15) is 0 Å². The summed E-state index contributed by atoms with van der Waals surface area (Å²) in [6.45, 7) is 10.0. The molecule has 0 atom stereocenters. The zero-order chi connectivity index (χ0) is 40.9. The van der Waals surface area contributed by atoms with E-state index in [2.05, 4.69) is 110 Å². The fourth-order valence-corrected chi connectivity index (χ4v) is 5.28. The summed E-state index contributed by atoms with van der Waals surface area (Å²) in [5.41, 5.74) is 9.37. The van der Waals surface area contributed by atoms with E-state index in [0.717, 1.165) is 67.1 Å². The van der Waals surface area contributed by atoms with Gasteiger partial charge in [0.15, 0.2) is 34.4 Å². The summed E-state index contributed by atoms with van der Waals surface area (Å²) in [6.07, 6.45) is 16.1. The number of hydrogen-bond donors (Lipinski definition) is 0. The molecular formula is C44H37BrN12Si. The number of aromatic nitrogens is 12. The molecule has 0 radical (unpaired) electrons. The molecule has 9 rings (SSSR count). The second kappa shape index (κ2) is 19.0. The summed E-state index contributed by atoms with van der Waals surface area (Å²) in [5, 5.41) is 24.7. The maximum Gasteiger partial charge on any atom is 0.186 e. The van der Waals surface area contributed by atoms with Gasteiger partial charge in [0, 0.05) is 52.8 Å². The van der Waals surface area contributed by atoms with Gasteiger partial charge in [-0.3, -0.25) is 28.2 Å². The van der Waals surface area contributed by atoms with Crippen molar-refractivity contribution in [3.8, 4) is 70.2 Å². The average Bonchev–Trinajstić information content (AvgIpc) is 4.00. The number of hydrogen-bond acceptors (Lipinski definition) is 9. The largest absolute Gasteiger partial charge is 0.281 e. The highest BCUT2D eigenvalue weighted by Gasteiger charge is 2.10. The van der Waals surface area contributed by atoms with Crippen molar-refractivity contribution in [3.63, 3.8) is 0 Å². The van der Waals surface area contributed by atoms with Crippen LogP contribution < -0.4 is 0 Å². The minimum atomic E-state index is -1.10. The maximum absolute atomic E-state index is 5.12. The summed E-state index contributed by atoms with van der Waals surface area (Å²) >= 11 is 3.35. The second-order valence-electron chi connectivity index (χ2n) is 13.2. The van der Waals surface area contributed by atoms with Crippen LogP contribution in [0.4, 0.5) is 0 Å². The first-order valence-corrected chi connectivity index (χ1v) is 22.2. The van der Waals surface area contributed by atoms with Gasteiger partial charge in [-0.05, 0) is 103 Å². The number of nitrogens with zero attached hydrogens (tertiary/aromatic N) is 12. The van der Waals surface area contributed by atoms with Crippen LogP contribution in [0.5, 0.6) is 0 Å². The highest BCUT2D eigenvalue weighted by molar-refractivity contribution is 9.10. The van der Waals surface area contributed by atoms with E-state index in [0.29, 0.717) is 0 Å². The van der Waals surface area contributed by atoms with Gasteiger partial charge in [0.1, 0.15) is 25.2 Å². The summed E-state index contributed by atoms with van der Waals surface area (Å²) in [7, 11) is -1.10. The number of pyridine rings is 6. The molecular weight excluding hydrogens is 805 g/mol. The number of fused-ring (bicyclic) bond motifs is 3. The van der Waals surface area contributed by atoms with E-state index in [1.807, 2.05) is 123 Å². The lowest BCUT2D eigenvalue weighted by atomic mass is 10.2. The summed E-state index contributed by atoms with van der Waals surface area (Å²) < 4.78 is 6.68. The van der Waals surface area contributed by atoms with E-state index in [4.69, 9.17) is 6.42 Å². The molecule has 0 N–H and O–H groups in total. The van der Waals surface area contributed by atoms with Crippen molar-refractivity contribution < 1.29 is 0 Å². The molecule has 0 unspecified atom stereocenters. The van der Waals surface area contributed by atoms with Gasteiger partial charge in [-0.1, -0.05) is 49.7 Å².